The number of hydrogen-bond acceptors (Lipinski definition) is 4. The molecule has 1 fully saturated rings. The minimum absolute atomic E-state index is 0.0291. The second kappa shape index (κ2) is 8.44. The molecule has 2 aromatic rings. The first kappa shape index (κ1) is 18.6. The molecule has 1 aliphatic heterocycles. The van der Waals surface area contributed by atoms with E-state index in [-0.39, 0.29) is 11.9 Å². The lowest BCUT2D eigenvalue weighted by molar-refractivity contribution is -0.120. The number of nitrogens with zero attached hydrogens (tertiary/aromatic N) is 2. The van der Waals surface area contributed by atoms with Gasteiger partial charge in [-0.3, -0.25) is 4.79 Å². The largest absolute Gasteiger partial charge is 0.378 e. The van der Waals surface area contributed by atoms with Gasteiger partial charge in [0.1, 0.15) is 0 Å². The number of benzene rings is 2. The molecule has 0 saturated carbocycles. The van der Waals surface area contributed by atoms with E-state index in [0.717, 1.165) is 23.5 Å². The lowest BCUT2D eigenvalue weighted by atomic mass is 10.2. The molecule has 0 radical (unpaired) electrons. The lowest BCUT2D eigenvalue weighted by Crippen LogP contribution is -2.47. The van der Waals surface area contributed by atoms with Gasteiger partial charge in [0, 0.05) is 50.8 Å². The summed E-state index contributed by atoms with van der Waals surface area (Å²) in [4.78, 5) is 27.6. The number of urea groups is 1. The minimum Gasteiger partial charge on any atom is -0.378 e. The maximum atomic E-state index is 12.1. The predicted octanol–water partition coefficient (Wildman–Crippen LogP) is 2.01. The second-order valence-corrected chi connectivity index (χ2v) is 6.69. The SMILES string of the molecule is CN(C)c1ccc(CNC(=O)Nc2ccc(N3CCNC(=O)C3)cc2)cc1. The third kappa shape index (κ3) is 5.13. The molecule has 1 heterocycles. The number of rotatable bonds is 5. The quantitative estimate of drug-likeness (QED) is 0.756. The topological polar surface area (TPSA) is 76.7 Å². The van der Waals surface area contributed by atoms with Crippen LogP contribution in [0.25, 0.3) is 0 Å². The highest BCUT2D eigenvalue weighted by molar-refractivity contribution is 5.89. The number of carbonyl (C=O) groups excluding carboxylic acids is 2. The van der Waals surface area contributed by atoms with Gasteiger partial charge >= 0.3 is 6.03 Å². The molecule has 3 N–H and O–H groups in total. The highest BCUT2D eigenvalue weighted by Crippen LogP contribution is 2.18. The Kier molecular flexibility index (Phi) is 5.80. The summed E-state index contributed by atoms with van der Waals surface area (Å²) in [6.45, 7) is 2.25. The summed E-state index contributed by atoms with van der Waals surface area (Å²) in [5.74, 6) is 0.0291. The van der Waals surface area contributed by atoms with Crippen LogP contribution in [-0.4, -0.2) is 45.7 Å². The van der Waals surface area contributed by atoms with Crippen LogP contribution in [0.15, 0.2) is 48.5 Å². The Morgan fingerprint density at radius 2 is 1.81 bits per heavy atom. The minimum atomic E-state index is -0.253. The van der Waals surface area contributed by atoms with Crippen LogP contribution in [0, 0.1) is 0 Å². The molecule has 7 nitrogen and oxygen atoms in total. The van der Waals surface area contributed by atoms with Crippen LogP contribution in [0.2, 0.25) is 0 Å². The lowest BCUT2D eigenvalue weighted by Gasteiger charge is -2.28. The number of anilines is 3. The van der Waals surface area contributed by atoms with Crippen molar-refractivity contribution in [2.24, 2.45) is 0 Å². The predicted molar refractivity (Wildman–Crippen MR) is 108 cm³/mol. The van der Waals surface area contributed by atoms with Crippen molar-refractivity contribution in [2.45, 2.75) is 6.54 Å². The summed E-state index contributed by atoms with van der Waals surface area (Å²) < 4.78 is 0. The molecule has 0 unspecified atom stereocenters. The van der Waals surface area contributed by atoms with Gasteiger partial charge in [0.25, 0.3) is 0 Å². The summed E-state index contributed by atoms with van der Waals surface area (Å²) in [6.07, 6.45) is 0. The van der Waals surface area contributed by atoms with Crippen LogP contribution in [0.1, 0.15) is 5.56 Å². The van der Waals surface area contributed by atoms with Crippen molar-refractivity contribution in [1.29, 1.82) is 0 Å². The zero-order valence-electron chi connectivity index (χ0n) is 15.7. The number of nitrogens with one attached hydrogen (secondary N) is 3. The van der Waals surface area contributed by atoms with Gasteiger partial charge in [0.05, 0.1) is 6.54 Å². The summed E-state index contributed by atoms with van der Waals surface area (Å²) in [6, 6.07) is 15.3. The van der Waals surface area contributed by atoms with Gasteiger partial charge < -0.3 is 25.8 Å². The highest BCUT2D eigenvalue weighted by Gasteiger charge is 2.16. The monoisotopic (exact) mass is 367 g/mol. The summed E-state index contributed by atoms with van der Waals surface area (Å²) in [5.41, 5.74) is 3.83. The van der Waals surface area contributed by atoms with Crippen molar-refractivity contribution in [3.05, 3.63) is 54.1 Å². The first-order valence-electron chi connectivity index (χ1n) is 8.94. The van der Waals surface area contributed by atoms with Crippen LogP contribution in [0.4, 0.5) is 21.9 Å². The van der Waals surface area contributed by atoms with E-state index in [0.29, 0.717) is 25.3 Å². The fourth-order valence-electron chi connectivity index (χ4n) is 2.88. The summed E-state index contributed by atoms with van der Waals surface area (Å²) in [7, 11) is 3.98. The fourth-order valence-corrected chi connectivity index (χ4v) is 2.88. The van der Waals surface area contributed by atoms with Crippen LogP contribution >= 0.6 is 0 Å². The van der Waals surface area contributed by atoms with E-state index in [2.05, 4.69) is 16.0 Å². The van der Waals surface area contributed by atoms with Gasteiger partial charge in [-0.05, 0) is 42.0 Å². The molecule has 0 bridgehead atoms. The van der Waals surface area contributed by atoms with E-state index in [1.54, 1.807) is 0 Å². The molecule has 7 heteroatoms. The standard InChI is InChI=1S/C20H25N5O2/c1-24(2)17-7-3-15(4-8-17)13-22-20(27)23-16-5-9-18(10-6-16)25-12-11-21-19(26)14-25/h3-10H,11-14H2,1-2H3,(H,21,26)(H2,22,23,27). The maximum absolute atomic E-state index is 12.1. The van der Waals surface area contributed by atoms with Gasteiger partial charge in [-0.2, -0.15) is 0 Å². The Labute approximate surface area is 159 Å². The van der Waals surface area contributed by atoms with Crippen molar-refractivity contribution in [1.82, 2.24) is 10.6 Å². The average Bonchev–Trinajstić information content (AvgIpc) is 2.67. The Morgan fingerprint density at radius 3 is 2.44 bits per heavy atom. The highest BCUT2D eigenvalue weighted by atomic mass is 16.2. The molecule has 0 aromatic heterocycles. The third-order valence-electron chi connectivity index (χ3n) is 4.43. The van der Waals surface area contributed by atoms with E-state index in [9.17, 15) is 9.59 Å². The number of piperazine rings is 1. The number of hydrogen-bond donors (Lipinski definition) is 3. The molecule has 3 rings (SSSR count). The second-order valence-electron chi connectivity index (χ2n) is 6.69. The molecule has 3 amide bonds. The molecule has 142 valence electrons. The summed E-state index contributed by atoms with van der Waals surface area (Å²) >= 11 is 0. The third-order valence-corrected chi connectivity index (χ3v) is 4.43. The van der Waals surface area contributed by atoms with Crippen molar-refractivity contribution in [3.63, 3.8) is 0 Å². The molecule has 0 aliphatic carbocycles. The van der Waals surface area contributed by atoms with E-state index in [4.69, 9.17) is 0 Å². The van der Waals surface area contributed by atoms with E-state index >= 15 is 0 Å². The molecule has 0 atom stereocenters. The molecule has 0 spiro atoms. The molecule has 1 aliphatic rings. The first-order chi connectivity index (χ1) is 13.0. The van der Waals surface area contributed by atoms with E-state index < -0.39 is 0 Å². The van der Waals surface area contributed by atoms with Gasteiger partial charge in [0.15, 0.2) is 0 Å². The zero-order valence-corrected chi connectivity index (χ0v) is 15.7. The van der Waals surface area contributed by atoms with Crippen LogP contribution in [0.3, 0.4) is 0 Å². The van der Waals surface area contributed by atoms with Crippen LogP contribution in [-0.2, 0) is 11.3 Å². The first-order valence-corrected chi connectivity index (χ1v) is 8.94. The molecule has 2 aromatic carbocycles. The molecular formula is C20H25N5O2. The Balaban J connectivity index is 1.49. The maximum Gasteiger partial charge on any atom is 0.319 e. The van der Waals surface area contributed by atoms with Crippen molar-refractivity contribution in [2.75, 3.05) is 48.8 Å². The van der Waals surface area contributed by atoms with Crippen molar-refractivity contribution in [3.8, 4) is 0 Å². The van der Waals surface area contributed by atoms with Crippen LogP contribution < -0.4 is 25.8 Å². The van der Waals surface area contributed by atoms with Crippen molar-refractivity contribution < 1.29 is 9.59 Å². The van der Waals surface area contributed by atoms with Crippen molar-refractivity contribution >= 4 is 29.0 Å². The van der Waals surface area contributed by atoms with Gasteiger partial charge in [-0.15, -0.1) is 0 Å². The molecule has 27 heavy (non-hydrogen) atoms. The number of amides is 3. The van der Waals surface area contributed by atoms with E-state index in [1.807, 2.05) is 72.4 Å². The molecule has 1 saturated heterocycles. The van der Waals surface area contributed by atoms with Gasteiger partial charge in [-0.1, -0.05) is 12.1 Å². The number of carbonyl (C=O) groups is 2. The molecular weight excluding hydrogens is 342 g/mol. The Hall–Kier alpha value is -3.22. The zero-order chi connectivity index (χ0) is 19.2. The smallest absolute Gasteiger partial charge is 0.319 e. The normalized spacial score (nSPS) is 13.7. The van der Waals surface area contributed by atoms with Gasteiger partial charge in [-0.25, -0.2) is 4.79 Å². The Bertz CT molecular complexity index is 787. The van der Waals surface area contributed by atoms with Crippen LogP contribution in [0.5, 0.6) is 0 Å². The van der Waals surface area contributed by atoms with E-state index in [1.165, 1.54) is 0 Å². The fraction of sp³-hybridized carbons (Fsp3) is 0.300. The van der Waals surface area contributed by atoms with Gasteiger partial charge in [0.2, 0.25) is 5.91 Å². The Morgan fingerprint density at radius 1 is 1.11 bits per heavy atom. The summed E-state index contributed by atoms with van der Waals surface area (Å²) in [5, 5.41) is 8.48. The average molecular weight is 367 g/mol.